The van der Waals surface area contributed by atoms with Crippen molar-refractivity contribution in [1.29, 1.82) is 0 Å². The Morgan fingerprint density at radius 1 is 1.08 bits per heavy atom. The molecule has 0 atom stereocenters. The lowest BCUT2D eigenvalue weighted by atomic mass is 10.1. The van der Waals surface area contributed by atoms with Crippen LogP contribution in [0.1, 0.15) is 21.7 Å². The molecule has 1 saturated heterocycles. The van der Waals surface area contributed by atoms with Crippen LogP contribution in [0.2, 0.25) is 0 Å². The van der Waals surface area contributed by atoms with Gasteiger partial charge in [0, 0.05) is 43.2 Å². The highest BCUT2D eigenvalue weighted by atomic mass is 32.1. The standard InChI is InChI=1S/C18H20N6OS/c25-18(15-4-6-16(7-5-15)24-14-19-20-21-24)23-9-2-8-22(10-11-23)13-17-3-1-12-26-17/h1,3-7,12,14H,2,8-11,13H2. The summed E-state index contributed by atoms with van der Waals surface area (Å²) in [6.07, 6.45) is 2.54. The fraction of sp³-hybridized carbons (Fsp3) is 0.333. The van der Waals surface area contributed by atoms with Gasteiger partial charge in [-0.1, -0.05) is 6.07 Å². The van der Waals surface area contributed by atoms with Crippen molar-refractivity contribution < 1.29 is 4.79 Å². The van der Waals surface area contributed by atoms with Gasteiger partial charge in [0.1, 0.15) is 6.33 Å². The first-order valence-electron chi connectivity index (χ1n) is 8.67. The van der Waals surface area contributed by atoms with E-state index >= 15 is 0 Å². The molecule has 0 unspecified atom stereocenters. The van der Waals surface area contributed by atoms with Gasteiger partial charge in [0.2, 0.25) is 0 Å². The second kappa shape index (κ2) is 7.76. The van der Waals surface area contributed by atoms with Gasteiger partial charge in [-0.15, -0.1) is 16.4 Å². The molecule has 0 aliphatic carbocycles. The first-order chi connectivity index (χ1) is 12.8. The molecule has 0 radical (unpaired) electrons. The van der Waals surface area contributed by atoms with Crippen LogP contribution in [0.4, 0.5) is 0 Å². The second-order valence-corrected chi connectivity index (χ2v) is 7.33. The van der Waals surface area contributed by atoms with Crippen LogP contribution in [0.15, 0.2) is 48.1 Å². The van der Waals surface area contributed by atoms with Crippen LogP contribution in [0.25, 0.3) is 5.69 Å². The van der Waals surface area contributed by atoms with Gasteiger partial charge in [0.05, 0.1) is 5.69 Å². The van der Waals surface area contributed by atoms with Gasteiger partial charge in [-0.05, 0) is 52.6 Å². The lowest BCUT2D eigenvalue weighted by Crippen LogP contribution is -2.35. The van der Waals surface area contributed by atoms with Crippen molar-refractivity contribution in [3.8, 4) is 5.69 Å². The van der Waals surface area contributed by atoms with Crippen LogP contribution in [0.3, 0.4) is 0 Å². The Hall–Kier alpha value is -2.58. The van der Waals surface area contributed by atoms with Crippen LogP contribution >= 0.6 is 11.3 Å². The summed E-state index contributed by atoms with van der Waals surface area (Å²) < 4.78 is 1.57. The molecule has 0 bridgehead atoms. The Morgan fingerprint density at radius 2 is 1.96 bits per heavy atom. The number of nitrogens with zero attached hydrogens (tertiary/aromatic N) is 6. The number of thiophene rings is 1. The number of carbonyl (C=O) groups is 1. The summed E-state index contributed by atoms with van der Waals surface area (Å²) in [4.78, 5) is 18.6. The average Bonchev–Trinajstić information content (AvgIpc) is 3.33. The van der Waals surface area contributed by atoms with Gasteiger partial charge < -0.3 is 4.90 Å². The van der Waals surface area contributed by atoms with E-state index in [0.717, 1.165) is 44.8 Å². The summed E-state index contributed by atoms with van der Waals surface area (Å²) in [6.45, 7) is 4.47. The van der Waals surface area contributed by atoms with Gasteiger partial charge in [0.15, 0.2) is 0 Å². The maximum absolute atomic E-state index is 12.8. The van der Waals surface area contributed by atoms with Crippen LogP contribution in [-0.2, 0) is 6.54 Å². The molecule has 1 aliphatic heterocycles. The Bertz CT molecular complexity index is 831. The second-order valence-electron chi connectivity index (χ2n) is 6.30. The van der Waals surface area contributed by atoms with Crippen molar-refractivity contribution in [1.82, 2.24) is 30.0 Å². The fourth-order valence-electron chi connectivity index (χ4n) is 3.17. The van der Waals surface area contributed by atoms with Crippen LogP contribution < -0.4 is 0 Å². The van der Waals surface area contributed by atoms with Crippen molar-refractivity contribution >= 4 is 17.2 Å². The normalized spacial score (nSPS) is 15.8. The third-order valence-electron chi connectivity index (χ3n) is 4.56. The van der Waals surface area contributed by atoms with E-state index in [1.54, 1.807) is 16.0 Å². The average molecular weight is 368 g/mol. The molecule has 1 aliphatic rings. The zero-order valence-corrected chi connectivity index (χ0v) is 15.2. The molecule has 134 valence electrons. The molecule has 1 amide bonds. The van der Waals surface area contributed by atoms with Crippen molar-refractivity contribution in [3.05, 3.63) is 58.5 Å². The number of tetrazole rings is 1. The van der Waals surface area contributed by atoms with Crippen molar-refractivity contribution in [2.75, 3.05) is 26.2 Å². The SMILES string of the molecule is O=C(c1ccc(-n2cnnn2)cc1)N1CCCN(Cc2cccs2)CC1. The van der Waals surface area contributed by atoms with E-state index < -0.39 is 0 Å². The molecule has 7 nitrogen and oxygen atoms in total. The van der Waals surface area contributed by atoms with Gasteiger partial charge in [-0.3, -0.25) is 9.69 Å². The molecular weight excluding hydrogens is 348 g/mol. The van der Waals surface area contributed by atoms with E-state index in [9.17, 15) is 4.79 Å². The third-order valence-corrected chi connectivity index (χ3v) is 5.42. The molecule has 0 spiro atoms. The minimum atomic E-state index is 0.0891. The van der Waals surface area contributed by atoms with Gasteiger partial charge in [-0.2, -0.15) is 0 Å². The maximum Gasteiger partial charge on any atom is 0.253 e. The summed E-state index contributed by atoms with van der Waals surface area (Å²) in [5.74, 6) is 0.0891. The Morgan fingerprint density at radius 3 is 2.69 bits per heavy atom. The molecule has 1 fully saturated rings. The number of benzene rings is 1. The molecule has 2 aromatic heterocycles. The van der Waals surface area contributed by atoms with E-state index in [4.69, 9.17) is 0 Å². The number of hydrogen-bond acceptors (Lipinski definition) is 6. The predicted molar refractivity (Wildman–Crippen MR) is 99.3 cm³/mol. The molecule has 0 N–H and O–H groups in total. The minimum absolute atomic E-state index is 0.0891. The molecule has 4 rings (SSSR count). The Kier molecular flexibility index (Phi) is 5.03. The van der Waals surface area contributed by atoms with Gasteiger partial charge >= 0.3 is 0 Å². The lowest BCUT2D eigenvalue weighted by Gasteiger charge is -2.22. The Balaban J connectivity index is 1.38. The summed E-state index contributed by atoms with van der Waals surface area (Å²) >= 11 is 1.79. The van der Waals surface area contributed by atoms with Crippen molar-refractivity contribution in [2.24, 2.45) is 0 Å². The monoisotopic (exact) mass is 368 g/mol. The largest absolute Gasteiger partial charge is 0.337 e. The van der Waals surface area contributed by atoms with Gasteiger partial charge in [-0.25, -0.2) is 4.68 Å². The highest BCUT2D eigenvalue weighted by Gasteiger charge is 2.20. The van der Waals surface area contributed by atoms with Crippen LogP contribution in [0.5, 0.6) is 0 Å². The minimum Gasteiger partial charge on any atom is -0.337 e. The van der Waals surface area contributed by atoms with E-state index in [2.05, 4.69) is 37.9 Å². The molecule has 1 aromatic carbocycles. The topological polar surface area (TPSA) is 67.2 Å². The summed E-state index contributed by atoms with van der Waals surface area (Å²) in [5.41, 5.74) is 1.54. The highest BCUT2D eigenvalue weighted by molar-refractivity contribution is 7.09. The zero-order valence-electron chi connectivity index (χ0n) is 14.4. The first kappa shape index (κ1) is 16.9. The number of rotatable bonds is 4. The summed E-state index contributed by atoms with van der Waals surface area (Å²) in [5, 5.41) is 13.2. The van der Waals surface area contributed by atoms with E-state index in [0.29, 0.717) is 5.56 Å². The molecule has 3 aromatic rings. The smallest absolute Gasteiger partial charge is 0.253 e. The molecule has 8 heteroatoms. The first-order valence-corrected chi connectivity index (χ1v) is 9.55. The maximum atomic E-state index is 12.8. The number of hydrogen-bond donors (Lipinski definition) is 0. The Labute approximate surface area is 155 Å². The van der Waals surface area contributed by atoms with E-state index in [1.165, 1.54) is 11.2 Å². The highest BCUT2D eigenvalue weighted by Crippen LogP contribution is 2.16. The molecule has 26 heavy (non-hydrogen) atoms. The summed E-state index contributed by atoms with van der Waals surface area (Å²) in [7, 11) is 0. The van der Waals surface area contributed by atoms with Gasteiger partial charge in [0.25, 0.3) is 5.91 Å². The van der Waals surface area contributed by atoms with Crippen molar-refractivity contribution in [2.45, 2.75) is 13.0 Å². The third kappa shape index (κ3) is 3.81. The quantitative estimate of drug-likeness (QED) is 0.705. The summed E-state index contributed by atoms with van der Waals surface area (Å²) in [6, 6.07) is 11.7. The zero-order chi connectivity index (χ0) is 17.8. The van der Waals surface area contributed by atoms with Crippen LogP contribution in [-0.4, -0.2) is 62.1 Å². The number of amides is 1. The lowest BCUT2D eigenvalue weighted by molar-refractivity contribution is 0.0761. The predicted octanol–water partition coefficient (Wildman–Crippen LogP) is 2.07. The van der Waals surface area contributed by atoms with Crippen molar-refractivity contribution in [3.63, 3.8) is 0 Å². The molecular formula is C18H20N6OS. The molecule has 3 heterocycles. The van der Waals surface area contributed by atoms with E-state index in [1.807, 2.05) is 29.2 Å². The molecule has 0 saturated carbocycles. The number of carbonyl (C=O) groups excluding carboxylic acids is 1. The van der Waals surface area contributed by atoms with E-state index in [-0.39, 0.29) is 5.91 Å². The van der Waals surface area contributed by atoms with Crippen LogP contribution in [0, 0.1) is 0 Å². The number of aromatic nitrogens is 4. The fourth-order valence-corrected chi connectivity index (χ4v) is 3.92.